The van der Waals surface area contributed by atoms with Crippen LogP contribution in [0.3, 0.4) is 0 Å². The molecule has 0 radical (unpaired) electrons. The van der Waals surface area contributed by atoms with E-state index in [-0.39, 0.29) is 6.04 Å². The minimum Gasteiger partial charge on any atom is -0.327 e. The average molecular weight is 255 g/mol. The van der Waals surface area contributed by atoms with Crippen molar-refractivity contribution in [1.82, 2.24) is 4.98 Å². The van der Waals surface area contributed by atoms with E-state index in [1.54, 1.807) is 0 Å². The van der Waals surface area contributed by atoms with Gasteiger partial charge in [-0.05, 0) is 56.2 Å². The molecular formula is C16H21N3. The molecule has 3 nitrogen and oxygen atoms in total. The highest BCUT2D eigenvalue weighted by molar-refractivity contribution is 5.61. The van der Waals surface area contributed by atoms with E-state index in [1.165, 1.54) is 5.56 Å². The molecule has 0 aliphatic carbocycles. The molecule has 1 heterocycles. The summed E-state index contributed by atoms with van der Waals surface area (Å²) in [6.45, 7) is 7.09. The highest BCUT2D eigenvalue weighted by atomic mass is 15.2. The molecule has 0 saturated heterocycles. The predicted octanol–water partition coefficient (Wildman–Crippen LogP) is 3.57. The lowest BCUT2D eigenvalue weighted by molar-refractivity contribution is 0.813. The molecule has 2 aromatic rings. The molecule has 1 aromatic heterocycles. The Labute approximate surface area is 115 Å². The second kappa shape index (κ2) is 5.85. The molecule has 0 aliphatic heterocycles. The zero-order valence-electron chi connectivity index (χ0n) is 11.8. The summed E-state index contributed by atoms with van der Waals surface area (Å²) in [6.07, 6.45) is 1.83. The molecule has 2 rings (SSSR count). The summed E-state index contributed by atoms with van der Waals surface area (Å²) < 4.78 is 0. The lowest BCUT2D eigenvalue weighted by Crippen LogP contribution is -2.18. The fourth-order valence-corrected chi connectivity index (χ4v) is 2.14. The van der Waals surface area contributed by atoms with Crippen LogP contribution < -0.4 is 10.6 Å². The normalized spacial score (nSPS) is 12.2. The zero-order valence-corrected chi connectivity index (χ0v) is 11.8. The molecule has 0 spiro atoms. The van der Waals surface area contributed by atoms with Crippen molar-refractivity contribution >= 4 is 11.5 Å². The van der Waals surface area contributed by atoms with Crippen LogP contribution in [0.5, 0.6) is 0 Å². The second-order valence-electron chi connectivity index (χ2n) is 4.82. The molecule has 0 fully saturated rings. The maximum absolute atomic E-state index is 5.94. The maximum atomic E-state index is 5.94. The van der Waals surface area contributed by atoms with Crippen molar-refractivity contribution in [3.8, 4) is 0 Å². The van der Waals surface area contributed by atoms with Gasteiger partial charge in [-0.15, -0.1) is 0 Å². The third-order valence-electron chi connectivity index (χ3n) is 3.20. The minimum absolute atomic E-state index is 0.0259. The van der Waals surface area contributed by atoms with E-state index in [0.29, 0.717) is 0 Å². The highest BCUT2D eigenvalue weighted by Crippen LogP contribution is 2.25. The Bertz CT molecular complexity index is 549. The SMILES string of the molecule is CCN(c1cccc(C)c1)c1cc([C@H](C)N)ccn1. The number of aromatic nitrogens is 1. The number of rotatable bonds is 4. The molecule has 3 heteroatoms. The summed E-state index contributed by atoms with van der Waals surface area (Å²) in [5.74, 6) is 0.947. The average Bonchev–Trinajstić information content (AvgIpc) is 2.40. The van der Waals surface area contributed by atoms with Gasteiger partial charge >= 0.3 is 0 Å². The van der Waals surface area contributed by atoms with Crippen LogP contribution in [0.4, 0.5) is 11.5 Å². The Morgan fingerprint density at radius 2 is 2.05 bits per heavy atom. The van der Waals surface area contributed by atoms with Gasteiger partial charge in [0.05, 0.1) is 0 Å². The first kappa shape index (κ1) is 13.6. The molecule has 0 unspecified atom stereocenters. The molecule has 0 bridgehead atoms. The quantitative estimate of drug-likeness (QED) is 0.908. The van der Waals surface area contributed by atoms with Gasteiger partial charge in [0.2, 0.25) is 0 Å². The van der Waals surface area contributed by atoms with Gasteiger partial charge in [-0.1, -0.05) is 12.1 Å². The number of benzene rings is 1. The highest BCUT2D eigenvalue weighted by Gasteiger charge is 2.10. The number of nitrogens with zero attached hydrogens (tertiary/aromatic N) is 2. The first-order chi connectivity index (χ1) is 9.11. The first-order valence-electron chi connectivity index (χ1n) is 6.67. The third kappa shape index (κ3) is 3.12. The van der Waals surface area contributed by atoms with Gasteiger partial charge in [0.25, 0.3) is 0 Å². The summed E-state index contributed by atoms with van der Waals surface area (Å²) in [7, 11) is 0. The summed E-state index contributed by atoms with van der Waals surface area (Å²) >= 11 is 0. The molecule has 100 valence electrons. The number of hydrogen-bond donors (Lipinski definition) is 1. The van der Waals surface area contributed by atoms with E-state index in [2.05, 4.69) is 54.1 Å². The van der Waals surface area contributed by atoms with Crippen molar-refractivity contribution in [3.05, 3.63) is 53.7 Å². The van der Waals surface area contributed by atoms with E-state index in [0.717, 1.165) is 23.6 Å². The maximum Gasteiger partial charge on any atom is 0.133 e. The van der Waals surface area contributed by atoms with Crippen molar-refractivity contribution in [2.75, 3.05) is 11.4 Å². The smallest absolute Gasteiger partial charge is 0.133 e. The summed E-state index contributed by atoms with van der Waals surface area (Å²) in [6, 6.07) is 12.5. The topological polar surface area (TPSA) is 42.1 Å². The van der Waals surface area contributed by atoms with Crippen LogP contribution in [-0.4, -0.2) is 11.5 Å². The van der Waals surface area contributed by atoms with Crippen LogP contribution in [-0.2, 0) is 0 Å². The van der Waals surface area contributed by atoms with Crippen LogP contribution >= 0.6 is 0 Å². The van der Waals surface area contributed by atoms with Crippen molar-refractivity contribution in [1.29, 1.82) is 0 Å². The standard InChI is InChI=1S/C16H21N3/c1-4-19(15-7-5-6-12(2)10-15)16-11-14(13(3)17)8-9-18-16/h5-11,13H,4,17H2,1-3H3/t13-/m0/s1. The Morgan fingerprint density at radius 1 is 1.26 bits per heavy atom. The zero-order chi connectivity index (χ0) is 13.8. The van der Waals surface area contributed by atoms with E-state index < -0.39 is 0 Å². The van der Waals surface area contributed by atoms with Crippen molar-refractivity contribution in [2.24, 2.45) is 5.73 Å². The Hall–Kier alpha value is -1.87. The van der Waals surface area contributed by atoms with Gasteiger partial charge in [-0.3, -0.25) is 0 Å². The lowest BCUT2D eigenvalue weighted by Gasteiger charge is -2.23. The van der Waals surface area contributed by atoms with Gasteiger partial charge in [0.15, 0.2) is 0 Å². The summed E-state index contributed by atoms with van der Waals surface area (Å²) in [4.78, 5) is 6.66. The fourth-order valence-electron chi connectivity index (χ4n) is 2.14. The molecule has 2 N–H and O–H groups in total. The van der Waals surface area contributed by atoms with Crippen LogP contribution in [0, 0.1) is 6.92 Å². The Balaban J connectivity index is 2.39. The number of hydrogen-bond acceptors (Lipinski definition) is 3. The third-order valence-corrected chi connectivity index (χ3v) is 3.20. The van der Waals surface area contributed by atoms with E-state index in [1.807, 2.05) is 19.2 Å². The summed E-state index contributed by atoms with van der Waals surface area (Å²) in [5.41, 5.74) is 9.46. The molecule has 0 saturated carbocycles. The molecular weight excluding hydrogens is 234 g/mol. The van der Waals surface area contributed by atoms with Gasteiger partial charge < -0.3 is 10.6 Å². The van der Waals surface area contributed by atoms with E-state index in [9.17, 15) is 0 Å². The van der Waals surface area contributed by atoms with Gasteiger partial charge in [0, 0.05) is 24.5 Å². The predicted molar refractivity (Wildman–Crippen MR) is 80.7 cm³/mol. The van der Waals surface area contributed by atoms with E-state index in [4.69, 9.17) is 5.73 Å². The largest absolute Gasteiger partial charge is 0.327 e. The lowest BCUT2D eigenvalue weighted by atomic mass is 10.1. The van der Waals surface area contributed by atoms with Gasteiger partial charge in [-0.2, -0.15) is 0 Å². The van der Waals surface area contributed by atoms with Crippen LogP contribution in [0.2, 0.25) is 0 Å². The molecule has 1 atom stereocenters. The Morgan fingerprint density at radius 3 is 2.68 bits per heavy atom. The fraction of sp³-hybridized carbons (Fsp3) is 0.312. The number of aryl methyl sites for hydroxylation is 1. The van der Waals surface area contributed by atoms with Crippen molar-refractivity contribution in [3.63, 3.8) is 0 Å². The minimum atomic E-state index is 0.0259. The van der Waals surface area contributed by atoms with Crippen LogP contribution in [0.15, 0.2) is 42.6 Å². The van der Waals surface area contributed by atoms with Gasteiger partial charge in [-0.25, -0.2) is 4.98 Å². The second-order valence-corrected chi connectivity index (χ2v) is 4.82. The van der Waals surface area contributed by atoms with Crippen molar-refractivity contribution in [2.45, 2.75) is 26.8 Å². The monoisotopic (exact) mass is 255 g/mol. The van der Waals surface area contributed by atoms with Crippen molar-refractivity contribution < 1.29 is 0 Å². The molecule has 19 heavy (non-hydrogen) atoms. The summed E-state index contributed by atoms with van der Waals surface area (Å²) in [5, 5.41) is 0. The van der Waals surface area contributed by atoms with Crippen LogP contribution in [0.25, 0.3) is 0 Å². The Kier molecular flexibility index (Phi) is 4.17. The number of anilines is 2. The molecule has 0 aliphatic rings. The number of pyridine rings is 1. The van der Waals surface area contributed by atoms with E-state index >= 15 is 0 Å². The molecule has 1 aromatic carbocycles. The van der Waals surface area contributed by atoms with Crippen LogP contribution in [0.1, 0.15) is 31.0 Å². The number of nitrogens with two attached hydrogens (primary N) is 1. The van der Waals surface area contributed by atoms with Gasteiger partial charge in [0.1, 0.15) is 5.82 Å². The molecule has 0 amide bonds. The first-order valence-corrected chi connectivity index (χ1v) is 6.67.